The number of esters is 4. The number of phosphoric ester groups is 2. The second-order valence-corrected chi connectivity index (χ2v) is 28.3. The van der Waals surface area contributed by atoms with E-state index in [4.69, 9.17) is 37.0 Å². The van der Waals surface area contributed by atoms with E-state index in [1.54, 1.807) is 0 Å². The van der Waals surface area contributed by atoms with Crippen LogP contribution in [0.2, 0.25) is 0 Å². The van der Waals surface area contributed by atoms with Crippen molar-refractivity contribution in [3.63, 3.8) is 0 Å². The van der Waals surface area contributed by atoms with Crippen molar-refractivity contribution in [2.24, 2.45) is 17.8 Å². The summed E-state index contributed by atoms with van der Waals surface area (Å²) in [7, 11) is -9.91. The quantitative estimate of drug-likeness (QED) is 0.0169. The number of rotatable bonds is 65. The summed E-state index contributed by atoms with van der Waals surface area (Å²) in [5, 5.41) is 10.6. The van der Waals surface area contributed by atoms with Gasteiger partial charge in [-0.1, -0.05) is 265 Å². The summed E-state index contributed by atoms with van der Waals surface area (Å²) in [6.07, 6.45) is 45.4. The van der Waals surface area contributed by atoms with Gasteiger partial charge in [0, 0.05) is 25.7 Å². The molecule has 0 radical (unpaired) electrons. The third-order valence-corrected chi connectivity index (χ3v) is 17.5. The van der Waals surface area contributed by atoms with Crippen molar-refractivity contribution in [1.82, 2.24) is 0 Å². The number of carbonyl (C=O) groups excluding carboxylic acids is 4. The molecule has 0 aromatic heterocycles. The lowest BCUT2D eigenvalue weighted by atomic mass is 10.00. The van der Waals surface area contributed by atoms with E-state index in [-0.39, 0.29) is 25.7 Å². The standard InChI is InChI=1S/C69H130O17P2/c1-8-10-11-12-13-14-15-16-17-18-19-23-28-38-45-52-68(73)86-65(57-80-67(72)51-44-37-32-31-35-42-49-62(7)9-2)59-84-88(77,78)82-55-63(70)54-81-87(75,76)83-58-64(56-79-66(71)50-43-36-30-25-27-34-41-48-61(5)6)85-69(74)53-46-39-29-24-21-20-22-26-33-40-47-60(3)4/h14-17,60-65,70H,8-13,18-59H2,1-7H3,(H,75,76)(H,77,78)/b15-14-,17-16-/t62?,63-,64-,65-/m1/s1. The summed E-state index contributed by atoms with van der Waals surface area (Å²) in [6, 6.07) is 0. The summed E-state index contributed by atoms with van der Waals surface area (Å²) in [6.45, 7) is 11.7. The van der Waals surface area contributed by atoms with Gasteiger partial charge in [-0.3, -0.25) is 37.3 Å². The van der Waals surface area contributed by atoms with Crippen molar-refractivity contribution in [3.8, 4) is 0 Å². The summed E-state index contributed by atoms with van der Waals surface area (Å²) in [5.41, 5.74) is 0. The number of allylic oxidation sites excluding steroid dienone is 4. The van der Waals surface area contributed by atoms with E-state index in [1.165, 1.54) is 103 Å². The van der Waals surface area contributed by atoms with Crippen molar-refractivity contribution in [2.45, 2.75) is 336 Å². The molecule has 0 saturated heterocycles. The molecular weight excluding hydrogens is 1160 g/mol. The Hall–Kier alpha value is -2.46. The van der Waals surface area contributed by atoms with Gasteiger partial charge in [-0.15, -0.1) is 0 Å². The van der Waals surface area contributed by atoms with E-state index >= 15 is 0 Å². The van der Waals surface area contributed by atoms with Gasteiger partial charge in [-0.25, -0.2) is 9.13 Å². The highest BCUT2D eigenvalue weighted by molar-refractivity contribution is 7.47. The third-order valence-electron chi connectivity index (χ3n) is 15.6. The van der Waals surface area contributed by atoms with Crippen molar-refractivity contribution in [2.75, 3.05) is 39.6 Å². The fourth-order valence-corrected chi connectivity index (χ4v) is 11.4. The Kier molecular flexibility index (Phi) is 57.9. The number of aliphatic hydroxyl groups is 1. The first kappa shape index (κ1) is 85.5. The van der Waals surface area contributed by atoms with Crippen LogP contribution >= 0.6 is 15.6 Å². The molecule has 0 aliphatic carbocycles. The van der Waals surface area contributed by atoms with Crippen LogP contribution in [-0.2, 0) is 65.4 Å². The Morgan fingerprint density at radius 2 is 0.670 bits per heavy atom. The molecule has 518 valence electrons. The highest BCUT2D eigenvalue weighted by Crippen LogP contribution is 2.45. The van der Waals surface area contributed by atoms with E-state index in [0.29, 0.717) is 31.6 Å². The normalized spacial score (nSPS) is 14.7. The van der Waals surface area contributed by atoms with E-state index in [0.717, 1.165) is 127 Å². The van der Waals surface area contributed by atoms with E-state index in [1.807, 2.05) is 0 Å². The molecule has 0 spiro atoms. The first-order valence-corrected chi connectivity index (χ1v) is 38.2. The summed E-state index contributed by atoms with van der Waals surface area (Å²) >= 11 is 0. The molecule has 0 aliphatic rings. The zero-order valence-corrected chi connectivity index (χ0v) is 58.5. The maximum absolute atomic E-state index is 13.0. The lowest BCUT2D eigenvalue weighted by Crippen LogP contribution is -2.30. The molecule has 0 aromatic carbocycles. The third kappa shape index (κ3) is 61.1. The van der Waals surface area contributed by atoms with Gasteiger partial charge in [0.2, 0.25) is 0 Å². The maximum atomic E-state index is 13.0. The number of phosphoric acid groups is 2. The Morgan fingerprint density at radius 1 is 0.375 bits per heavy atom. The zero-order valence-electron chi connectivity index (χ0n) is 56.7. The van der Waals surface area contributed by atoms with Crippen LogP contribution in [0.4, 0.5) is 0 Å². The van der Waals surface area contributed by atoms with Crippen molar-refractivity contribution >= 4 is 39.5 Å². The predicted molar refractivity (Wildman–Crippen MR) is 354 cm³/mol. The number of carbonyl (C=O) groups is 4. The van der Waals surface area contributed by atoms with Crippen LogP contribution in [-0.4, -0.2) is 96.7 Å². The Morgan fingerprint density at radius 3 is 1.01 bits per heavy atom. The lowest BCUT2D eigenvalue weighted by Gasteiger charge is -2.21. The largest absolute Gasteiger partial charge is 0.472 e. The summed E-state index contributed by atoms with van der Waals surface area (Å²) in [4.78, 5) is 72.4. The summed E-state index contributed by atoms with van der Waals surface area (Å²) < 4.78 is 68.2. The number of unbranched alkanes of at least 4 members (excludes halogenated alkanes) is 29. The fourth-order valence-electron chi connectivity index (χ4n) is 9.79. The van der Waals surface area contributed by atoms with Gasteiger partial charge < -0.3 is 33.8 Å². The Bertz CT molecular complexity index is 1830. The smallest absolute Gasteiger partial charge is 0.462 e. The van der Waals surface area contributed by atoms with Crippen LogP contribution in [0, 0.1) is 17.8 Å². The number of hydrogen-bond donors (Lipinski definition) is 3. The van der Waals surface area contributed by atoms with Crippen LogP contribution in [0.3, 0.4) is 0 Å². The topological polar surface area (TPSA) is 237 Å². The number of hydrogen-bond acceptors (Lipinski definition) is 15. The van der Waals surface area contributed by atoms with Gasteiger partial charge in [0.1, 0.15) is 19.3 Å². The average Bonchev–Trinajstić information content (AvgIpc) is 3.70. The molecule has 6 atom stereocenters. The molecule has 88 heavy (non-hydrogen) atoms. The predicted octanol–water partition coefficient (Wildman–Crippen LogP) is 19.0. The van der Waals surface area contributed by atoms with Gasteiger partial charge in [-0.05, 0) is 69.1 Å². The summed E-state index contributed by atoms with van der Waals surface area (Å²) in [5.74, 6) is 0.0200. The van der Waals surface area contributed by atoms with Crippen molar-refractivity contribution in [1.29, 1.82) is 0 Å². The van der Waals surface area contributed by atoms with Crippen LogP contribution < -0.4 is 0 Å². The van der Waals surface area contributed by atoms with Crippen molar-refractivity contribution < 1.29 is 80.2 Å². The molecule has 3 N–H and O–H groups in total. The first-order chi connectivity index (χ1) is 42.3. The molecule has 0 bridgehead atoms. The molecular formula is C69H130O17P2. The molecule has 0 fully saturated rings. The maximum Gasteiger partial charge on any atom is 0.472 e. The first-order valence-electron chi connectivity index (χ1n) is 35.2. The Balaban J connectivity index is 5.29. The molecule has 0 rings (SSSR count). The molecule has 0 heterocycles. The minimum Gasteiger partial charge on any atom is -0.462 e. The highest BCUT2D eigenvalue weighted by Gasteiger charge is 2.30. The Labute approximate surface area is 535 Å². The molecule has 3 unspecified atom stereocenters. The zero-order chi connectivity index (χ0) is 65.2. The van der Waals surface area contributed by atoms with Gasteiger partial charge in [0.15, 0.2) is 12.2 Å². The van der Waals surface area contributed by atoms with Crippen LogP contribution in [0.25, 0.3) is 0 Å². The van der Waals surface area contributed by atoms with Gasteiger partial charge in [-0.2, -0.15) is 0 Å². The van der Waals surface area contributed by atoms with E-state index in [2.05, 4.69) is 72.8 Å². The second kappa shape index (κ2) is 59.5. The second-order valence-electron chi connectivity index (χ2n) is 25.4. The molecule has 0 aromatic rings. The molecule has 17 nitrogen and oxygen atoms in total. The SMILES string of the molecule is CCCCCC/C=C\C=C/CCCCCCCC(=O)O[C@H](COC(=O)CCCCCCCCC(C)CC)COP(=O)(O)OC[C@H](O)COP(=O)(O)OC[C@@H](COC(=O)CCCCCCCCCC(C)C)OC(=O)CCCCCCCCCCCCC(C)C. The average molecular weight is 1290 g/mol. The van der Waals surface area contributed by atoms with Gasteiger partial charge >= 0.3 is 39.5 Å². The van der Waals surface area contributed by atoms with E-state index in [9.17, 15) is 43.2 Å². The van der Waals surface area contributed by atoms with Crippen LogP contribution in [0.5, 0.6) is 0 Å². The highest BCUT2D eigenvalue weighted by atomic mass is 31.2. The molecule has 0 amide bonds. The minimum absolute atomic E-state index is 0.0835. The van der Waals surface area contributed by atoms with Gasteiger partial charge in [0.25, 0.3) is 0 Å². The number of ether oxygens (including phenoxy) is 4. The molecule has 0 aliphatic heterocycles. The molecule has 0 saturated carbocycles. The van der Waals surface area contributed by atoms with Gasteiger partial charge in [0.05, 0.1) is 26.4 Å². The monoisotopic (exact) mass is 1290 g/mol. The van der Waals surface area contributed by atoms with E-state index < -0.39 is 97.5 Å². The van der Waals surface area contributed by atoms with Crippen LogP contribution in [0.1, 0.15) is 318 Å². The fraction of sp³-hybridized carbons (Fsp3) is 0.884. The lowest BCUT2D eigenvalue weighted by molar-refractivity contribution is -0.161. The van der Waals surface area contributed by atoms with Crippen LogP contribution in [0.15, 0.2) is 24.3 Å². The number of aliphatic hydroxyl groups excluding tert-OH is 1. The minimum atomic E-state index is -4.96. The molecule has 19 heteroatoms. The van der Waals surface area contributed by atoms with Crippen molar-refractivity contribution in [3.05, 3.63) is 24.3 Å².